The van der Waals surface area contributed by atoms with Gasteiger partial charge in [-0.2, -0.15) is 0 Å². The first-order valence-corrected chi connectivity index (χ1v) is 8.24. The number of rotatable bonds is 7. The van der Waals surface area contributed by atoms with Crippen LogP contribution in [-0.4, -0.2) is 14.2 Å². The quantitative estimate of drug-likeness (QED) is 0.651. The van der Waals surface area contributed by atoms with E-state index in [1.165, 1.54) is 22.3 Å². The summed E-state index contributed by atoms with van der Waals surface area (Å²) in [7, 11) is 3.40. The smallest absolute Gasteiger partial charge is 0.118 e. The Morgan fingerprint density at radius 3 is 1.48 bits per heavy atom. The molecule has 2 aromatic carbocycles. The summed E-state index contributed by atoms with van der Waals surface area (Å²) in [6, 6.07) is 16.7. The van der Waals surface area contributed by atoms with Crippen LogP contribution in [0.2, 0.25) is 0 Å². The van der Waals surface area contributed by atoms with E-state index in [1.54, 1.807) is 14.2 Å². The van der Waals surface area contributed by atoms with Crippen LogP contribution < -0.4 is 9.47 Å². The molecular weight excluding hydrogens is 284 g/mol. The molecule has 2 rings (SSSR count). The Morgan fingerprint density at radius 1 is 0.739 bits per heavy atom. The van der Waals surface area contributed by atoms with Crippen molar-refractivity contribution in [3.05, 3.63) is 65.2 Å². The van der Waals surface area contributed by atoms with Gasteiger partial charge in [-0.3, -0.25) is 0 Å². The standard InChI is InChI=1S/C21H26O2/c1-5-7-16(6-2)21(17-8-12-19(22-3)13-9-17)18-10-14-20(23-4)15-11-18/h8-15H,5-7H2,1-4H3. The van der Waals surface area contributed by atoms with Gasteiger partial charge in [-0.15, -0.1) is 0 Å². The highest BCUT2D eigenvalue weighted by atomic mass is 16.5. The van der Waals surface area contributed by atoms with E-state index in [0.29, 0.717) is 0 Å². The zero-order valence-corrected chi connectivity index (χ0v) is 14.6. The van der Waals surface area contributed by atoms with Crippen LogP contribution in [0.4, 0.5) is 0 Å². The van der Waals surface area contributed by atoms with Gasteiger partial charge in [0.2, 0.25) is 0 Å². The van der Waals surface area contributed by atoms with Crippen molar-refractivity contribution in [2.75, 3.05) is 14.2 Å². The molecule has 0 aliphatic rings. The third-order valence-electron chi connectivity index (χ3n) is 4.09. The second-order valence-corrected chi connectivity index (χ2v) is 5.54. The van der Waals surface area contributed by atoms with Gasteiger partial charge >= 0.3 is 0 Å². The van der Waals surface area contributed by atoms with Gasteiger partial charge in [-0.1, -0.05) is 50.1 Å². The van der Waals surface area contributed by atoms with Crippen LogP contribution in [0.5, 0.6) is 11.5 Å². The lowest BCUT2D eigenvalue weighted by Gasteiger charge is -2.16. The molecule has 0 aromatic heterocycles. The molecular formula is C21H26O2. The van der Waals surface area contributed by atoms with Crippen molar-refractivity contribution < 1.29 is 9.47 Å². The van der Waals surface area contributed by atoms with E-state index in [-0.39, 0.29) is 0 Å². The number of hydrogen-bond donors (Lipinski definition) is 0. The van der Waals surface area contributed by atoms with Crippen molar-refractivity contribution >= 4 is 5.57 Å². The van der Waals surface area contributed by atoms with Crippen LogP contribution >= 0.6 is 0 Å². The minimum atomic E-state index is 0.886. The summed E-state index contributed by atoms with van der Waals surface area (Å²) >= 11 is 0. The molecule has 23 heavy (non-hydrogen) atoms. The molecule has 0 aliphatic heterocycles. The third-order valence-corrected chi connectivity index (χ3v) is 4.09. The number of benzene rings is 2. The maximum absolute atomic E-state index is 5.29. The van der Waals surface area contributed by atoms with Crippen molar-refractivity contribution in [2.45, 2.75) is 33.1 Å². The number of ether oxygens (including phenoxy) is 2. The Morgan fingerprint density at radius 2 is 1.17 bits per heavy atom. The van der Waals surface area contributed by atoms with E-state index in [4.69, 9.17) is 9.47 Å². The minimum Gasteiger partial charge on any atom is -0.497 e. The summed E-state index contributed by atoms with van der Waals surface area (Å²) < 4.78 is 10.6. The van der Waals surface area contributed by atoms with Gasteiger partial charge < -0.3 is 9.47 Å². The van der Waals surface area contributed by atoms with Crippen LogP contribution in [-0.2, 0) is 0 Å². The summed E-state index contributed by atoms with van der Waals surface area (Å²) in [5, 5.41) is 0. The van der Waals surface area contributed by atoms with Crippen LogP contribution in [0.1, 0.15) is 44.2 Å². The zero-order chi connectivity index (χ0) is 16.7. The Labute approximate surface area is 139 Å². The van der Waals surface area contributed by atoms with Crippen molar-refractivity contribution in [3.8, 4) is 11.5 Å². The molecule has 0 radical (unpaired) electrons. The van der Waals surface area contributed by atoms with Crippen molar-refractivity contribution in [1.82, 2.24) is 0 Å². The van der Waals surface area contributed by atoms with Gasteiger partial charge in [-0.05, 0) is 53.8 Å². The maximum atomic E-state index is 5.29. The van der Waals surface area contributed by atoms with E-state index >= 15 is 0 Å². The number of hydrogen-bond acceptors (Lipinski definition) is 2. The highest BCUT2D eigenvalue weighted by Gasteiger charge is 2.11. The molecule has 0 saturated carbocycles. The number of allylic oxidation sites excluding steroid dienone is 1. The first-order valence-electron chi connectivity index (χ1n) is 8.24. The Kier molecular flexibility index (Phi) is 6.28. The van der Waals surface area contributed by atoms with Gasteiger partial charge in [0, 0.05) is 0 Å². The average molecular weight is 310 g/mol. The monoisotopic (exact) mass is 310 g/mol. The largest absolute Gasteiger partial charge is 0.497 e. The van der Waals surface area contributed by atoms with Crippen molar-refractivity contribution in [2.24, 2.45) is 0 Å². The molecule has 2 heteroatoms. The normalized spacial score (nSPS) is 10.3. The first-order chi connectivity index (χ1) is 11.2. The Balaban J connectivity index is 2.53. The second kappa shape index (κ2) is 8.42. The maximum Gasteiger partial charge on any atom is 0.118 e. The van der Waals surface area contributed by atoms with E-state index in [0.717, 1.165) is 30.8 Å². The summed E-state index contributed by atoms with van der Waals surface area (Å²) in [4.78, 5) is 0. The lowest BCUT2D eigenvalue weighted by Crippen LogP contribution is -1.96. The van der Waals surface area contributed by atoms with Gasteiger partial charge in [0.15, 0.2) is 0 Å². The van der Waals surface area contributed by atoms with Crippen LogP contribution in [0.15, 0.2) is 54.1 Å². The molecule has 0 aliphatic carbocycles. The molecule has 2 aromatic rings. The highest BCUT2D eigenvalue weighted by molar-refractivity contribution is 5.82. The van der Waals surface area contributed by atoms with Gasteiger partial charge in [0.25, 0.3) is 0 Å². The highest BCUT2D eigenvalue weighted by Crippen LogP contribution is 2.32. The molecule has 0 fully saturated rings. The number of methoxy groups -OCH3 is 2. The topological polar surface area (TPSA) is 18.5 Å². The van der Waals surface area contributed by atoms with Gasteiger partial charge in [0.1, 0.15) is 11.5 Å². The molecule has 0 atom stereocenters. The fraction of sp³-hybridized carbons (Fsp3) is 0.333. The molecule has 122 valence electrons. The fourth-order valence-corrected chi connectivity index (χ4v) is 2.87. The summed E-state index contributed by atoms with van der Waals surface area (Å²) in [5.41, 5.74) is 5.30. The van der Waals surface area contributed by atoms with Gasteiger partial charge in [0.05, 0.1) is 14.2 Å². The zero-order valence-electron chi connectivity index (χ0n) is 14.6. The van der Waals surface area contributed by atoms with E-state index in [2.05, 4.69) is 38.1 Å². The van der Waals surface area contributed by atoms with Crippen LogP contribution in [0.25, 0.3) is 5.57 Å². The third kappa shape index (κ3) is 4.16. The average Bonchev–Trinajstić information content (AvgIpc) is 2.62. The van der Waals surface area contributed by atoms with Gasteiger partial charge in [-0.25, -0.2) is 0 Å². The molecule has 0 bridgehead atoms. The van der Waals surface area contributed by atoms with E-state index < -0.39 is 0 Å². The minimum absolute atomic E-state index is 0.886. The van der Waals surface area contributed by atoms with E-state index in [1.807, 2.05) is 24.3 Å². The molecule has 0 N–H and O–H groups in total. The van der Waals surface area contributed by atoms with Crippen molar-refractivity contribution in [3.63, 3.8) is 0 Å². The van der Waals surface area contributed by atoms with Crippen molar-refractivity contribution in [1.29, 1.82) is 0 Å². The predicted octanol–water partition coefficient (Wildman–Crippen LogP) is 5.72. The molecule has 0 heterocycles. The SMILES string of the molecule is CCCC(CC)=C(c1ccc(OC)cc1)c1ccc(OC)cc1. The lowest BCUT2D eigenvalue weighted by atomic mass is 9.90. The van der Waals surface area contributed by atoms with Crippen LogP contribution in [0, 0.1) is 0 Å². The molecule has 0 saturated heterocycles. The lowest BCUT2D eigenvalue weighted by molar-refractivity contribution is 0.414. The molecule has 0 unspecified atom stereocenters. The predicted molar refractivity (Wildman–Crippen MR) is 97.2 cm³/mol. The molecule has 2 nitrogen and oxygen atoms in total. The summed E-state index contributed by atoms with van der Waals surface area (Å²) in [5.74, 6) is 1.77. The first kappa shape index (κ1) is 17.1. The second-order valence-electron chi connectivity index (χ2n) is 5.54. The molecule has 0 spiro atoms. The summed E-state index contributed by atoms with van der Waals surface area (Å²) in [6.07, 6.45) is 3.32. The van der Waals surface area contributed by atoms with Crippen LogP contribution in [0.3, 0.4) is 0 Å². The summed E-state index contributed by atoms with van der Waals surface area (Å²) in [6.45, 7) is 4.47. The Hall–Kier alpha value is -2.22. The fourth-order valence-electron chi connectivity index (χ4n) is 2.87. The Bertz CT molecular complexity index is 587. The van der Waals surface area contributed by atoms with E-state index in [9.17, 15) is 0 Å². The molecule has 0 amide bonds.